The first-order chi connectivity index (χ1) is 4.61. The maximum absolute atomic E-state index is 9.20. The number of hydrogen-bond acceptors (Lipinski definition) is 4. The highest BCUT2D eigenvalue weighted by molar-refractivity contribution is 4.82. The molecule has 0 bridgehead atoms. The van der Waals surface area contributed by atoms with E-state index in [1.807, 2.05) is 0 Å². The van der Waals surface area contributed by atoms with Gasteiger partial charge in [0.2, 0.25) is 0 Å². The summed E-state index contributed by atoms with van der Waals surface area (Å²) in [5.41, 5.74) is 5.47. The maximum atomic E-state index is 9.20. The lowest BCUT2D eigenvalue weighted by Crippen LogP contribution is -2.51. The van der Waals surface area contributed by atoms with E-state index in [2.05, 4.69) is 0 Å². The summed E-state index contributed by atoms with van der Waals surface area (Å²) in [7, 11) is 0. The van der Waals surface area contributed by atoms with Crippen LogP contribution in [-0.4, -0.2) is 34.8 Å². The quantitative estimate of drug-likeness (QED) is 0.402. The van der Waals surface area contributed by atoms with Gasteiger partial charge in [-0.2, -0.15) is 0 Å². The van der Waals surface area contributed by atoms with Crippen molar-refractivity contribution < 1.29 is 14.9 Å². The van der Waals surface area contributed by atoms with Crippen molar-refractivity contribution in [2.45, 2.75) is 37.9 Å². The first-order valence-corrected chi connectivity index (χ1v) is 3.38. The third kappa shape index (κ3) is 1.46. The highest BCUT2D eigenvalue weighted by Crippen LogP contribution is 2.16. The number of rotatable bonds is 0. The van der Waals surface area contributed by atoms with Crippen molar-refractivity contribution in [1.82, 2.24) is 0 Å². The lowest BCUT2D eigenvalue weighted by atomic mass is 10.0. The van der Waals surface area contributed by atoms with Gasteiger partial charge in [0.05, 0.1) is 12.2 Å². The molecular weight excluding hydrogens is 134 g/mol. The summed E-state index contributed by atoms with van der Waals surface area (Å²) in [5, 5.41) is 18.2. The zero-order valence-electron chi connectivity index (χ0n) is 5.90. The molecule has 4 atom stereocenters. The van der Waals surface area contributed by atoms with Crippen LogP contribution >= 0.6 is 0 Å². The van der Waals surface area contributed by atoms with Gasteiger partial charge in [0.25, 0.3) is 0 Å². The van der Waals surface area contributed by atoms with E-state index in [9.17, 15) is 5.11 Å². The van der Waals surface area contributed by atoms with Gasteiger partial charge in [0.15, 0.2) is 6.29 Å². The first-order valence-electron chi connectivity index (χ1n) is 3.38. The molecule has 0 aromatic heterocycles. The molecule has 0 amide bonds. The van der Waals surface area contributed by atoms with Crippen LogP contribution in [0.5, 0.6) is 0 Å². The molecule has 1 aliphatic rings. The van der Waals surface area contributed by atoms with Gasteiger partial charge >= 0.3 is 0 Å². The van der Waals surface area contributed by atoms with Gasteiger partial charge in [-0.15, -0.1) is 0 Å². The Kier molecular flexibility index (Phi) is 2.25. The van der Waals surface area contributed by atoms with Crippen LogP contribution < -0.4 is 5.73 Å². The Labute approximate surface area is 59.6 Å². The number of aliphatic hydroxyl groups is 2. The van der Waals surface area contributed by atoms with Gasteiger partial charge in [-0.3, -0.25) is 0 Å². The van der Waals surface area contributed by atoms with E-state index in [0.29, 0.717) is 6.42 Å². The minimum atomic E-state index is -0.812. The smallest absolute Gasteiger partial charge is 0.156 e. The molecule has 1 rings (SSSR count). The van der Waals surface area contributed by atoms with Gasteiger partial charge in [0, 0.05) is 12.5 Å². The normalized spacial score (nSPS) is 49.2. The number of hydrogen-bond donors (Lipinski definition) is 3. The summed E-state index contributed by atoms with van der Waals surface area (Å²) in [6.07, 6.45) is -1.51. The topological polar surface area (TPSA) is 75.7 Å². The van der Waals surface area contributed by atoms with Gasteiger partial charge in [-0.25, -0.2) is 0 Å². The largest absolute Gasteiger partial charge is 0.389 e. The van der Waals surface area contributed by atoms with Gasteiger partial charge < -0.3 is 20.7 Å². The fraction of sp³-hybridized carbons (Fsp3) is 1.00. The van der Waals surface area contributed by atoms with Crippen molar-refractivity contribution in [2.24, 2.45) is 5.73 Å². The highest BCUT2D eigenvalue weighted by Gasteiger charge is 2.31. The minimum absolute atomic E-state index is 0.311. The minimum Gasteiger partial charge on any atom is -0.389 e. The zero-order valence-corrected chi connectivity index (χ0v) is 5.90. The Bertz CT molecular complexity index is 108. The second kappa shape index (κ2) is 2.84. The van der Waals surface area contributed by atoms with Gasteiger partial charge in [0.1, 0.15) is 0 Å². The fourth-order valence-corrected chi connectivity index (χ4v) is 1.10. The van der Waals surface area contributed by atoms with Crippen LogP contribution in [-0.2, 0) is 4.74 Å². The van der Waals surface area contributed by atoms with E-state index in [-0.39, 0.29) is 12.1 Å². The van der Waals surface area contributed by atoms with Crippen molar-refractivity contribution >= 4 is 0 Å². The average molecular weight is 147 g/mol. The zero-order chi connectivity index (χ0) is 7.72. The predicted molar refractivity (Wildman–Crippen MR) is 35.2 cm³/mol. The van der Waals surface area contributed by atoms with E-state index < -0.39 is 12.4 Å². The molecule has 1 fully saturated rings. The first kappa shape index (κ1) is 7.94. The fourth-order valence-electron chi connectivity index (χ4n) is 1.10. The van der Waals surface area contributed by atoms with Crippen molar-refractivity contribution in [1.29, 1.82) is 0 Å². The summed E-state index contributed by atoms with van der Waals surface area (Å²) < 4.78 is 4.89. The summed E-state index contributed by atoms with van der Waals surface area (Å²) in [6, 6.07) is -0.362. The summed E-state index contributed by atoms with van der Waals surface area (Å²) in [5.74, 6) is 0. The Morgan fingerprint density at radius 2 is 2.10 bits per heavy atom. The number of nitrogens with two attached hydrogens (primary N) is 1. The molecule has 0 spiro atoms. The lowest BCUT2D eigenvalue weighted by molar-refractivity contribution is -0.198. The van der Waals surface area contributed by atoms with E-state index in [0.717, 1.165) is 0 Å². The second-order valence-electron chi connectivity index (χ2n) is 2.69. The molecule has 1 heterocycles. The molecule has 0 saturated carbocycles. The van der Waals surface area contributed by atoms with Crippen LogP contribution in [0.15, 0.2) is 0 Å². The Hall–Kier alpha value is -0.160. The molecular formula is C6H13NO3. The molecule has 4 heteroatoms. The van der Waals surface area contributed by atoms with Crippen molar-refractivity contribution in [3.63, 3.8) is 0 Å². The van der Waals surface area contributed by atoms with E-state index in [1.165, 1.54) is 0 Å². The molecule has 0 aromatic carbocycles. The van der Waals surface area contributed by atoms with Crippen molar-refractivity contribution in [3.8, 4) is 0 Å². The Morgan fingerprint density at radius 3 is 2.60 bits per heavy atom. The molecule has 10 heavy (non-hydrogen) atoms. The van der Waals surface area contributed by atoms with Crippen molar-refractivity contribution in [2.75, 3.05) is 0 Å². The molecule has 2 unspecified atom stereocenters. The SMILES string of the molecule is CC1OC(O)C[C@H](N)[C@@H]1O. The monoisotopic (exact) mass is 147 g/mol. The number of ether oxygens (including phenoxy) is 1. The van der Waals surface area contributed by atoms with Crippen LogP contribution in [0.25, 0.3) is 0 Å². The van der Waals surface area contributed by atoms with Crippen LogP contribution in [0.2, 0.25) is 0 Å². The Morgan fingerprint density at radius 1 is 1.50 bits per heavy atom. The molecule has 1 aliphatic heterocycles. The maximum Gasteiger partial charge on any atom is 0.156 e. The molecule has 0 radical (unpaired) electrons. The van der Waals surface area contributed by atoms with E-state index in [1.54, 1.807) is 6.92 Å². The standard InChI is InChI=1S/C6H13NO3/c1-3-6(9)4(7)2-5(8)10-3/h3-6,8-9H,2,7H2,1H3/t3?,4-,5?,6+/m0/s1. The molecule has 0 aliphatic carbocycles. The van der Waals surface area contributed by atoms with E-state index in [4.69, 9.17) is 15.6 Å². The number of aliphatic hydroxyl groups excluding tert-OH is 2. The average Bonchev–Trinajstić information content (AvgIpc) is 1.82. The summed E-state index contributed by atoms with van der Waals surface area (Å²) in [6.45, 7) is 1.69. The second-order valence-corrected chi connectivity index (χ2v) is 2.69. The van der Waals surface area contributed by atoms with E-state index >= 15 is 0 Å². The van der Waals surface area contributed by atoms with Crippen LogP contribution in [0.4, 0.5) is 0 Å². The lowest BCUT2D eigenvalue weighted by Gasteiger charge is -2.33. The molecule has 60 valence electrons. The predicted octanol–water partition coefficient (Wildman–Crippen LogP) is -1.20. The summed E-state index contributed by atoms with van der Waals surface area (Å²) in [4.78, 5) is 0. The highest BCUT2D eigenvalue weighted by atomic mass is 16.6. The molecule has 1 saturated heterocycles. The van der Waals surface area contributed by atoms with Crippen LogP contribution in [0, 0.1) is 0 Å². The van der Waals surface area contributed by atoms with Gasteiger partial charge in [-0.1, -0.05) is 0 Å². The van der Waals surface area contributed by atoms with Crippen LogP contribution in [0.3, 0.4) is 0 Å². The Balaban J connectivity index is 2.49. The van der Waals surface area contributed by atoms with Crippen molar-refractivity contribution in [3.05, 3.63) is 0 Å². The molecule has 4 nitrogen and oxygen atoms in total. The molecule has 0 aromatic rings. The van der Waals surface area contributed by atoms with Gasteiger partial charge in [-0.05, 0) is 6.92 Å². The molecule has 4 N–H and O–H groups in total. The van der Waals surface area contributed by atoms with Crippen LogP contribution in [0.1, 0.15) is 13.3 Å². The third-order valence-corrected chi connectivity index (χ3v) is 1.77. The third-order valence-electron chi connectivity index (χ3n) is 1.77. The summed E-state index contributed by atoms with van der Waals surface area (Å²) >= 11 is 0.